The molecule has 0 aliphatic carbocycles. The number of anilines is 1. The Bertz CT molecular complexity index is 866. The quantitative estimate of drug-likeness (QED) is 0.714. The van der Waals surface area contributed by atoms with Crippen molar-refractivity contribution in [3.8, 4) is 11.8 Å². The fourth-order valence-electron chi connectivity index (χ4n) is 2.56. The molecule has 1 aromatic heterocycles. The van der Waals surface area contributed by atoms with E-state index in [1.54, 1.807) is 42.7 Å². The minimum absolute atomic E-state index is 0.0889. The number of hydrogen-bond acceptors (Lipinski definition) is 4. The van der Waals surface area contributed by atoms with Gasteiger partial charge in [0.15, 0.2) is 0 Å². The third-order valence-corrected chi connectivity index (χ3v) is 3.87. The Kier molecular flexibility index (Phi) is 5.43. The predicted molar refractivity (Wildman–Crippen MR) is 100 cm³/mol. The van der Waals surface area contributed by atoms with Crippen LogP contribution < -0.4 is 15.4 Å². The van der Waals surface area contributed by atoms with Gasteiger partial charge in [-0.25, -0.2) is 14.8 Å². The molecule has 0 aliphatic heterocycles. The molecule has 6 nitrogen and oxygen atoms in total. The highest BCUT2D eigenvalue weighted by Crippen LogP contribution is 2.20. The highest BCUT2D eigenvalue weighted by Gasteiger charge is 2.11. The minimum Gasteiger partial charge on any atom is -0.424 e. The van der Waals surface area contributed by atoms with Crippen LogP contribution in [0.1, 0.15) is 24.1 Å². The van der Waals surface area contributed by atoms with Crippen LogP contribution >= 0.6 is 0 Å². The van der Waals surface area contributed by atoms with Crippen molar-refractivity contribution in [1.82, 2.24) is 15.3 Å². The number of aromatic nitrogens is 2. The predicted octanol–water partition coefficient (Wildman–Crippen LogP) is 4.46. The minimum atomic E-state index is -0.263. The first kappa shape index (κ1) is 17.4. The second kappa shape index (κ2) is 8.11. The third kappa shape index (κ3) is 4.57. The van der Waals surface area contributed by atoms with Gasteiger partial charge >= 0.3 is 12.0 Å². The van der Waals surface area contributed by atoms with Gasteiger partial charge in [-0.3, -0.25) is 0 Å². The SMILES string of the molecule is Cc1ccccc1C(C)NC(=O)Nc1ccc(Oc2ncccn2)cc1. The van der Waals surface area contributed by atoms with E-state index in [1.807, 2.05) is 38.1 Å². The van der Waals surface area contributed by atoms with Gasteiger partial charge in [-0.2, -0.15) is 0 Å². The Balaban J connectivity index is 1.57. The number of urea groups is 1. The zero-order chi connectivity index (χ0) is 18.4. The van der Waals surface area contributed by atoms with Gasteiger partial charge in [-0.1, -0.05) is 24.3 Å². The molecule has 3 rings (SSSR count). The molecular formula is C20H20N4O2. The van der Waals surface area contributed by atoms with E-state index in [9.17, 15) is 4.79 Å². The molecule has 2 N–H and O–H groups in total. The Labute approximate surface area is 152 Å². The zero-order valence-corrected chi connectivity index (χ0v) is 14.6. The number of amides is 2. The Morgan fingerprint density at radius 2 is 1.69 bits per heavy atom. The summed E-state index contributed by atoms with van der Waals surface area (Å²) in [5, 5.41) is 5.75. The van der Waals surface area contributed by atoms with Gasteiger partial charge in [-0.05, 0) is 55.3 Å². The molecule has 2 amide bonds. The normalized spacial score (nSPS) is 11.5. The fourth-order valence-corrected chi connectivity index (χ4v) is 2.56. The number of carbonyl (C=O) groups excluding carboxylic acids is 1. The van der Waals surface area contributed by atoms with Crippen molar-refractivity contribution in [1.29, 1.82) is 0 Å². The van der Waals surface area contributed by atoms with Crippen LogP contribution in [0.5, 0.6) is 11.8 Å². The summed E-state index contributed by atoms with van der Waals surface area (Å²) >= 11 is 0. The van der Waals surface area contributed by atoms with Crippen molar-refractivity contribution in [2.24, 2.45) is 0 Å². The molecule has 0 saturated carbocycles. The van der Waals surface area contributed by atoms with Crippen LogP contribution in [0.3, 0.4) is 0 Å². The van der Waals surface area contributed by atoms with Crippen molar-refractivity contribution in [3.05, 3.63) is 78.1 Å². The monoisotopic (exact) mass is 348 g/mol. The summed E-state index contributed by atoms with van der Waals surface area (Å²) in [6.07, 6.45) is 3.22. The molecule has 1 atom stereocenters. The maximum atomic E-state index is 12.2. The van der Waals surface area contributed by atoms with E-state index in [0.717, 1.165) is 11.1 Å². The van der Waals surface area contributed by atoms with E-state index in [-0.39, 0.29) is 18.1 Å². The molecule has 3 aromatic rings. The number of ether oxygens (including phenoxy) is 1. The van der Waals surface area contributed by atoms with E-state index in [2.05, 4.69) is 20.6 Å². The third-order valence-electron chi connectivity index (χ3n) is 3.87. The molecule has 2 aromatic carbocycles. The number of rotatable bonds is 5. The Morgan fingerprint density at radius 1 is 1.00 bits per heavy atom. The molecule has 0 saturated heterocycles. The number of aryl methyl sites for hydroxylation is 1. The summed E-state index contributed by atoms with van der Waals surface area (Å²) in [4.78, 5) is 20.2. The van der Waals surface area contributed by atoms with Gasteiger partial charge < -0.3 is 15.4 Å². The van der Waals surface area contributed by atoms with Crippen molar-refractivity contribution in [2.45, 2.75) is 19.9 Å². The summed E-state index contributed by atoms with van der Waals surface area (Å²) in [6.45, 7) is 3.99. The first-order valence-corrected chi connectivity index (χ1v) is 8.30. The number of carbonyl (C=O) groups is 1. The van der Waals surface area contributed by atoms with E-state index < -0.39 is 0 Å². The van der Waals surface area contributed by atoms with Gasteiger partial charge in [0.05, 0.1) is 6.04 Å². The molecule has 6 heteroatoms. The molecule has 1 heterocycles. The van der Waals surface area contributed by atoms with Crippen LogP contribution in [0.25, 0.3) is 0 Å². The molecule has 1 unspecified atom stereocenters. The van der Waals surface area contributed by atoms with E-state index in [0.29, 0.717) is 11.4 Å². The topological polar surface area (TPSA) is 76.1 Å². The Morgan fingerprint density at radius 3 is 2.38 bits per heavy atom. The van der Waals surface area contributed by atoms with E-state index in [1.165, 1.54) is 0 Å². The smallest absolute Gasteiger partial charge is 0.321 e. The molecule has 0 bridgehead atoms. The van der Waals surface area contributed by atoms with Crippen LogP contribution in [0.2, 0.25) is 0 Å². The fraction of sp³-hybridized carbons (Fsp3) is 0.150. The van der Waals surface area contributed by atoms with Crippen LogP contribution in [0, 0.1) is 6.92 Å². The van der Waals surface area contributed by atoms with Gasteiger partial charge in [0.25, 0.3) is 0 Å². The molecule has 0 fully saturated rings. The van der Waals surface area contributed by atoms with Crippen molar-refractivity contribution < 1.29 is 9.53 Å². The summed E-state index contributed by atoms with van der Waals surface area (Å²) in [5.74, 6) is 0.593. The number of benzene rings is 2. The average molecular weight is 348 g/mol. The number of nitrogens with zero attached hydrogens (tertiary/aromatic N) is 2. The first-order valence-electron chi connectivity index (χ1n) is 8.30. The molecule has 0 radical (unpaired) electrons. The molecule has 0 spiro atoms. The second-order valence-electron chi connectivity index (χ2n) is 5.83. The largest absolute Gasteiger partial charge is 0.424 e. The number of hydrogen-bond donors (Lipinski definition) is 2. The van der Waals surface area contributed by atoms with Crippen molar-refractivity contribution in [3.63, 3.8) is 0 Å². The lowest BCUT2D eigenvalue weighted by Gasteiger charge is -2.17. The molecule has 132 valence electrons. The average Bonchev–Trinajstić information content (AvgIpc) is 2.64. The lowest BCUT2D eigenvalue weighted by atomic mass is 10.0. The van der Waals surface area contributed by atoms with Gasteiger partial charge in [0.1, 0.15) is 5.75 Å². The maximum absolute atomic E-state index is 12.2. The number of nitrogens with one attached hydrogen (secondary N) is 2. The van der Waals surface area contributed by atoms with E-state index in [4.69, 9.17) is 4.74 Å². The standard InChI is InChI=1S/C20H20N4O2/c1-14-6-3-4-7-18(14)15(2)23-19(25)24-16-8-10-17(11-9-16)26-20-21-12-5-13-22-20/h3-13,15H,1-2H3,(H2,23,24,25). The highest BCUT2D eigenvalue weighted by atomic mass is 16.5. The lowest BCUT2D eigenvalue weighted by Crippen LogP contribution is -2.31. The summed E-state index contributed by atoms with van der Waals surface area (Å²) in [6, 6.07) is 16.6. The summed E-state index contributed by atoms with van der Waals surface area (Å²) in [7, 11) is 0. The van der Waals surface area contributed by atoms with Crippen molar-refractivity contribution in [2.75, 3.05) is 5.32 Å². The molecular weight excluding hydrogens is 328 g/mol. The van der Waals surface area contributed by atoms with Crippen LogP contribution in [0.4, 0.5) is 10.5 Å². The van der Waals surface area contributed by atoms with Gasteiger partial charge in [0.2, 0.25) is 0 Å². The lowest BCUT2D eigenvalue weighted by molar-refractivity contribution is 0.249. The molecule has 26 heavy (non-hydrogen) atoms. The van der Waals surface area contributed by atoms with Crippen LogP contribution in [0.15, 0.2) is 67.0 Å². The summed E-state index contributed by atoms with van der Waals surface area (Å²) in [5.41, 5.74) is 2.90. The van der Waals surface area contributed by atoms with Gasteiger partial charge in [-0.15, -0.1) is 0 Å². The zero-order valence-electron chi connectivity index (χ0n) is 14.6. The van der Waals surface area contributed by atoms with Crippen LogP contribution in [-0.2, 0) is 0 Å². The molecule has 0 aliphatic rings. The van der Waals surface area contributed by atoms with Crippen LogP contribution in [-0.4, -0.2) is 16.0 Å². The summed E-state index contributed by atoms with van der Waals surface area (Å²) < 4.78 is 5.52. The van der Waals surface area contributed by atoms with Crippen molar-refractivity contribution >= 4 is 11.7 Å². The van der Waals surface area contributed by atoms with Gasteiger partial charge in [0, 0.05) is 18.1 Å². The Hall–Kier alpha value is -3.41. The van der Waals surface area contributed by atoms with E-state index >= 15 is 0 Å². The maximum Gasteiger partial charge on any atom is 0.321 e. The highest BCUT2D eigenvalue weighted by molar-refractivity contribution is 5.89. The first-order chi connectivity index (χ1) is 12.6. The second-order valence-corrected chi connectivity index (χ2v) is 5.83.